The molecule has 1 amide bonds. The van der Waals surface area contributed by atoms with E-state index in [0.29, 0.717) is 11.3 Å². The lowest BCUT2D eigenvalue weighted by Crippen LogP contribution is -2.29. The Morgan fingerprint density at radius 1 is 1.27 bits per heavy atom. The van der Waals surface area contributed by atoms with Crippen LogP contribution in [0.3, 0.4) is 0 Å². The zero-order chi connectivity index (χ0) is 16.3. The number of amides is 1. The average molecular weight is 313 g/mol. The number of nitrogens with one attached hydrogen (secondary N) is 1. The van der Waals surface area contributed by atoms with Crippen molar-refractivity contribution in [2.75, 3.05) is 0 Å². The molecule has 2 rings (SSSR count). The molecule has 0 bridgehead atoms. The fourth-order valence-corrected chi connectivity index (χ4v) is 2.28. The van der Waals surface area contributed by atoms with E-state index in [1.807, 2.05) is 13.8 Å². The fourth-order valence-electron chi connectivity index (χ4n) is 2.28. The second-order valence-electron chi connectivity index (χ2n) is 5.14. The van der Waals surface area contributed by atoms with Gasteiger partial charge in [0, 0.05) is 18.3 Å². The zero-order valence-corrected chi connectivity index (χ0v) is 12.4. The number of carbonyl (C=O) groups excluding carboxylic acids is 1. The van der Waals surface area contributed by atoms with Gasteiger partial charge in [-0.1, -0.05) is 13.8 Å². The molecule has 1 N–H and O–H groups in total. The maximum atomic E-state index is 12.7. The number of carbonyl (C=O) groups is 1. The van der Waals surface area contributed by atoms with Gasteiger partial charge in [-0.15, -0.1) is 0 Å². The van der Waals surface area contributed by atoms with E-state index in [4.69, 9.17) is 0 Å². The monoisotopic (exact) mass is 313 g/mol. The number of alkyl halides is 3. The normalized spacial score (nSPS) is 12.1. The van der Waals surface area contributed by atoms with Gasteiger partial charge in [0.05, 0.1) is 17.8 Å². The third kappa shape index (κ3) is 3.58. The largest absolute Gasteiger partial charge is 0.417 e. The van der Waals surface area contributed by atoms with Crippen LogP contribution in [0.2, 0.25) is 0 Å². The van der Waals surface area contributed by atoms with Gasteiger partial charge < -0.3 is 9.72 Å². The number of hydrogen-bond acceptors (Lipinski definition) is 2. The van der Waals surface area contributed by atoms with E-state index >= 15 is 0 Å². The number of imidazole rings is 1. The highest BCUT2D eigenvalue weighted by molar-refractivity contribution is 5.78. The van der Waals surface area contributed by atoms with E-state index in [2.05, 4.69) is 10.3 Å². The number of pyridine rings is 1. The van der Waals surface area contributed by atoms with Crippen LogP contribution in [0.25, 0.3) is 5.65 Å². The third-order valence-electron chi connectivity index (χ3n) is 3.63. The number of halogens is 3. The summed E-state index contributed by atoms with van der Waals surface area (Å²) in [5.41, 5.74) is 0.212. The number of aromatic nitrogens is 2. The van der Waals surface area contributed by atoms with Gasteiger partial charge >= 0.3 is 6.18 Å². The topological polar surface area (TPSA) is 46.4 Å². The molecule has 0 aliphatic rings. The Balaban J connectivity index is 2.12. The van der Waals surface area contributed by atoms with Gasteiger partial charge in [0.2, 0.25) is 5.91 Å². The molecule has 2 heterocycles. The van der Waals surface area contributed by atoms with E-state index in [0.717, 1.165) is 25.1 Å². The van der Waals surface area contributed by atoms with E-state index in [1.54, 1.807) is 0 Å². The molecule has 0 atom stereocenters. The van der Waals surface area contributed by atoms with Crippen molar-refractivity contribution in [3.8, 4) is 0 Å². The molecule has 0 radical (unpaired) electrons. The van der Waals surface area contributed by atoms with E-state index < -0.39 is 11.7 Å². The highest BCUT2D eigenvalue weighted by Crippen LogP contribution is 2.29. The molecular formula is C15H18F3N3O. The summed E-state index contributed by atoms with van der Waals surface area (Å²) < 4.78 is 39.3. The van der Waals surface area contributed by atoms with Gasteiger partial charge in [-0.3, -0.25) is 4.79 Å². The minimum atomic E-state index is -4.39. The summed E-state index contributed by atoms with van der Waals surface area (Å²) in [4.78, 5) is 16.1. The Morgan fingerprint density at radius 2 is 1.95 bits per heavy atom. The first kappa shape index (κ1) is 16.3. The van der Waals surface area contributed by atoms with Crippen molar-refractivity contribution in [1.82, 2.24) is 14.7 Å². The number of fused-ring (bicyclic) bond motifs is 1. The maximum Gasteiger partial charge on any atom is 0.417 e. The molecule has 0 aliphatic carbocycles. The van der Waals surface area contributed by atoms with Crippen LogP contribution in [0.5, 0.6) is 0 Å². The van der Waals surface area contributed by atoms with E-state index in [9.17, 15) is 18.0 Å². The minimum Gasteiger partial charge on any atom is -0.350 e. The van der Waals surface area contributed by atoms with Gasteiger partial charge in [-0.05, 0) is 25.0 Å². The second-order valence-corrected chi connectivity index (χ2v) is 5.14. The first-order valence-electron chi connectivity index (χ1n) is 7.17. The van der Waals surface area contributed by atoms with Gasteiger partial charge in [-0.25, -0.2) is 4.98 Å². The Morgan fingerprint density at radius 3 is 2.55 bits per heavy atom. The first-order valence-corrected chi connectivity index (χ1v) is 7.17. The summed E-state index contributed by atoms with van der Waals surface area (Å²) >= 11 is 0. The van der Waals surface area contributed by atoms with Crippen molar-refractivity contribution in [3.63, 3.8) is 0 Å². The van der Waals surface area contributed by atoms with Crippen LogP contribution >= 0.6 is 0 Å². The Hall–Kier alpha value is -2.05. The molecule has 0 unspecified atom stereocenters. The fraction of sp³-hybridized carbons (Fsp3) is 0.467. The SMILES string of the molecule is CCC(CC)C(=O)NCc1cn2cc(C(F)(F)F)ccc2n1. The van der Waals surface area contributed by atoms with Gasteiger partial charge in [0.15, 0.2) is 0 Å². The summed E-state index contributed by atoms with van der Waals surface area (Å²) in [5, 5.41) is 2.77. The third-order valence-corrected chi connectivity index (χ3v) is 3.63. The molecule has 7 heteroatoms. The molecule has 0 saturated carbocycles. The minimum absolute atomic E-state index is 0.0473. The van der Waals surface area contributed by atoms with Crippen molar-refractivity contribution in [3.05, 3.63) is 35.8 Å². The van der Waals surface area contributed by atoms with Crippen molar-refractivity contribution in [1.29, 1.82) is 0 Å². The van der Waals surface area contributed by atoms with Gasteiger partial charge in [0.25, 0.3) is 0 Å². The molecule has 22 heavy (non-hydrogen) atoms. The lowest BCUT2D eigenvalue weighted by molar-refractivity contribution is -0.137. The molecule has 0 saturated heterocycles. The molecule has 4 nitrogen and oxygen atoms in total. The molecule has 0 spiro atoms. The smallest absolute Gasteiger partial charge is 0.350 e. The summed E-state index contributed by atoms with van der Waals surface area (Å²) in [7, 11) is 0. The van der Waals surface area contributed by atoms with Crippen LogP contribution < -0.4 is 5.32 Å². The quantitative estimate of drug-likeness (QED) is 0.919. The predicted molar refractivity (Wildman–Crippen MR) is 76.1 cm³/mol. The molecule has 0 fully saturated rings. The van der Waals surface area contributed by atoms with Crippen LogP contribution in [-0.4, -0.2) is 15.3 Å². The Bertz CT molecular complexity index is 660. The molecule has 0 aliphatic heterocycles. The van der Waals surface area contributed by atoms with E-state index in [-0.39, 0.29) is 18.4 Å². The summed E-state index contributed by atoms with van der Waals surface area (Å²) in [6.07, 6.45) is -0.389. The first-order chi connectivity index (χ1) is 10.3. The highest BCUT2D eigenvalue weighted by atomic mass is 19.4. The molecular weight excluding hydrogens is 295 g/mol. The second kappa shape index (κ2) is 6.37. The van der Waals surface area contributed by atoms with Crippen LogP contribution in [-0.2, 0) is 17.5 Å². The number of hydrogen-bond donors (Lipinski definition) is 1. The summed E-state index contributed by atoms with van der Waals surface area (Å²) in [6.45, 7) is 4.09. The van der Waals surface area contributed by atoms with Crippen LogP contribution in [0.4, 0.5) is 13.2 Å². The zero-order valence-electron chi connectivity index (χ0n) is 12.4. The standard InChI is InChI=1S/C15H18F3N3O/c1-3-10(4-2)14(22)19-7-12-9-21-8-11(15(16,17)18)5-6-13(21)20-12/h5-6,8-10H,3-4,7H2,1-2H3,(H,19,22). The number of rotatable bonds is 5. The van der Waals surface area contributed by atoms with Crippen molar-refractivity contribution in [2.45, 2.75) is 39.4 Å². The van der Waals surface area contributed by atoms with Crippen molar-refractivity contribution in [2.24, 2.45) is 5.92 Å². The Labute approximate surface area is 126 Å². The summed E-state index contributed by atoms with van der Waals surface area (Å²) in [6, 6.07) is 2.31. The Kier molecular flexibility index (Phi) is 4.73. The lowest BCUT2D eigenvalue weighted by atomic mass is 10.0. The van der Waals surface area contributed by atoms with Crippen LogP contribution in [0, 0.1) is 5.92 Å². The average Bonchev–Trinajstić information content (AvgIpc) is 2.87. The number of nitrogens with zero attached hydrogens (tertiary/aromatic N) is 2. The van der Waals surface area contributed by atoms with Gasteiger partial charge in [0.1, 0.15) is 5.65 Å². The van der Waals surface area contributed by atoms with Crippen molar-refractivity contribution >= 4 is 11.6 Å². The molecule has 2 aromatic heterocycles. The molecule has 0 aromatic carbocycles. The van der Waals surface area contributed by atoms with Crippen LogP contribution in [0.15, 0.2) is 24.5 Å². The van der Waals surface area contributed by atoms with Gasteiger partial charge in [-0.2, -0.15) is 13.2 Å². The lowest BCUT2D eigenvalue weighted by Gasteiger charge is -2.11. The van der Waals surface area contributed by atoms with Crippen LogP contribution in [0.1, 0.15) is 37.9 Å². The van der Waals surface area contributed by atoms with E-state index in [1.165, 1.54) is 16.7 Å². The summed E-state index contributed by atoms with van der Waals surface area (Å²) in [5.74, 6) is -0.105. The predicted octanol–water partition coefficient (Wildman–Crippen LogP) is 3.41. The molecule has 2 aromatic rings. The van der Waals surface area contributed by atoms with Crippen molar-refractivity contribution < 1.29 is 18.0 Å². The highest BCUT2D eigenvalue weighted by Gasteiger charge is 2.30. The maximum absolute atomic E-state index is 12.7. The molecule has 120 valence electrons.